The van der Waals surface area contributed by atoms with Gasteiger partial charge in [-0.05, 0) is 25.0 Å². The van der Waals surface area contributed by atoms with Crippen LogP contribution in [0.1, 0.15) is 36.2 Å². The summed E-state index contributed by atoms with van der Waals surface area (Å²) >= 11 is 0. The van der Waals surface area contributed by atoms with Crippen LogP contribution in [-0.2, 0) is 0 Å². The number of benzene rings is 1. The van der Waals surface area contributed by atoms with Gasteiger partial charge >= 0.3 is 0 Å². The highest BCUT2D eigenvalue weighted by molar-refractivity contribution is 5.91. The number of nitrogens with zero attached hydrogens (tertiary/aromatic N) is 2. The van der Waals surface area contributed by atoms with E-state index in [4.69, 9.17) is 4.74 Å². The summed E-state index contributed by atoms with van der Waals surface area (Å²) in [6.45, 7) is 0.246. The monoisotopic (exact) mass is 313 g/mol. The predicted molar refractivity (Wildman–Crippen MR) is 84.3 cm³/mol. The van der Waals surface area contributed by atoms with Crippen molar-refractivity contribution in [3.8, 4) is 11.6 Å². The molecule has 1 amide bonds. The summed E-state index contributed by atoms with van der Waals surface area (Å²) in [5, 5.41) is 12.9. The number of carbonyl (C=O) groups is 1. The predicted octanol–water partition coefficient (Wildman–Crippen LogP) is 2.30. The average molecular weight is 313 g/mol. The zero-order valence-electron chi connectivity index (χ0n) is 12.7. The SMILES string of the molecule is O=C(NCC1(O)CCCC1)c1cnc(Oc2ccccc2)cn1. The number of amides is 1. The third kappa shape index (κ3) is 4.04. The summed E-state index contributed by atoms with van der Waals surface area (Å²) in [5.41, 5.74) is -0.577. The Hall–Kier alpha value is -2.47. The molecule has 1 saturated carbocycles. The van der Waals surface area contributed by atoms with Gasteiger partial charge in [0, 0.05) is 6.54 Å². The van der Waals surface area contributed by atoms with Gasteiger partial charge in [0.05, 0.1) is 18.0 Å². The summed E-state index contributed by atoms with van der Waals surface area (Å²) in [6, 6.07) is 9.23. The van der Waals surface area contributed by atoms with Crippen LogP contribution in [0.25, 0.3) is 0 Å². The number of nitrogens with one attached hydrogen (secondary N) is 1. The van der Waals surface area contributed by atoms with Gasteiger partial charge < -0.3 is 15.2 Å². The van der Waals surface area contributed by atoms with Gasteiger partial charge in [-0.15, -0.1) is 0 Å². The molecular weight excluding hydrogens is 294 g/mol. The van der Waals surface area contributed by atoms with Gasteiger partial charge in [0.2, 0.25) is 5.88 Å². The summed E-state index contributed by atoms with van der Waals surface area (Å²) in [6.07, 6.45) is 6.22. The van der Waals surface area contributed by atoms with E-state index < -0.39 is 5.60 Å². The van der Waals surface area contributed by atoms with Crippen LogP contribution < -0.4 is 10.1 Å². The first-order valence-corrected chi connectivity index (χ1v) is 7.70. The number of hydrogen-bond acceptors (Lipinski definition) is 5. The Bertz CT molecular complexity index is 653. The maximum Gasteiger partial charge on any atom is 0.271 e. The molecule has 0 saturated heterocycles. The van der Waals surface area contributed by atoms with Gasteiger partial charge in [-0.1, -0.05) is 31.0 Å². The molecule has 0 bridgehead atoms. The van der Waals surface area contributed by atoms with Gasteiger partial charge in [-0.25, -0.2) is 9.97 Å². The Kier molecular flexibility index (Phi) is 4.52. The number of rotatable bonds is 5. The molecule has 0 radical (unpaired) electrons. The third-order valence-corrected chi connectivity index (χ3v) is 3.94. The third-order valence-electron chi connectivity index (χ3n) is 3.94. The van der Waals surface area contributed by atoms with E-state index in [9.17, 15) is 9.90 Å². The Labute approximate surface area is 134 Å². The van der Waals surface area contributed by atoms with Crippen LogP contribution in [0.4, 0.5) is 0 Å². The van der Waals surface area contributed by atoms with Crippen LogP contribution in [0, 0.1) is 0 Å². The highest BCUT2D eigenvalue weighted by atomic mass is 16.5. The van der Waals surface area contributed by atoms with Crippen LogP contribution in [0.15, 0.2) is 42.7 Å². The summed E-state index contributed by atoms with van der Waals surface area (Å²) < 4.78 is 5.53. The highest BCUT2D eigenvalue weighted by Gasteiger charge is 2.31. The molecule has 2 N–H and O–H groups in total. The molecule has 1 heterocycles. The smallest absolute Gasteiger partial charge is 0.271 e. The molecule has 1 aliphatic rings. The van der Waals surface area contributed by atoms with E-state index in [1.54, 1.807) is 0 Å². The summed E-state index contributed by atoms with van der Waals surface area (Å²) in [7, 11) is 0. The van der Waals surface area contributed by atoms with E-state index in [0.29, 0.717) is 11.6 Å². The van der Waals surface area contributed by atoms with Crippen LogP contribution in [-0.4, -0.2) is 33.1 Å². The Morgan fingerprint density at radius 3 is 2.57 bits per heavy atom. The highest BCUT2D eigenvalue weighted by Crippen LogP contribution is 2.28. The lowest BCUT2D eigenvalue weighted by Crippen LogP contribution is -2.41. The standard InChI is InChI=1S/C17H19N3O3/c21-16(20-12-17(22)8-4-5-9-17)14-10-19-15(11-18-14)23-13-6-2-1-3-7-13/h1-3,6-7,10-11,22H,4-5,8-9,12H2,(H,20,21). The second-order valence-corrected chi connectivity index (χ2v) is 5.77. The molecule has 1 aromatic heterocycles. The molecule has 0 unspecified atom stereocenters. The minimum absolute atomic E-state index is 0.201. The molecule has 3 rings (SSSR count). The van der Waals surface area contributed by atoms with Gasteiger partial charge in [0.1, 0.15) is 11.4 Å². The molecule has 1 aromatic carbocycles. The van der Waals surface area contributed by atoms with E-state index in [2.05, 4.69) is 15.3 Å². The fourth-order valence-corrected chi connectivity index (χ4v) is 2.64. The van der Waals surface area contributed by atoms with Gasteiger partial charge in [-0.3, -0.25) is 4.79 Å². The van der Waals surface area contributed by atoms with Crippen molar-refractivity contribution < 1.29 is 14.6 Å². The second kappa shape index (κ2) is 6.75. The molecule has 6 heteroatoms. The molecule has 23 heavy (non-hydrogen) atoms. The van der Waals surface area contributed by atoms with E-state index >= 15 is 0 Å². The minimum atomic E-state index is -0.778. The van der Waals surface area contributed by atoms with Crippen molar-refractivity contribution in [2.45, 2.75) is 31.3 Å². The number of para-hydroxylation sites is 1. The average Bonchev–Trinajstić information content (AvgIpc) is 3.01. The number of carbonyl (C=O) groups excluding carboxylic acids is 1. The van der Waals surface area contributed by atoms with Crippen molar-refractivity contribution in [2.75, 3.05) is 6.54 Å². The number of hydrogen-bond donors (Lipinski definition) is 2. The molecule has 0 atom stereocenters. The fraction of sp³-hybridized carbons (Fsp3) is 0.353. The normalized spacial score (nSPS) is 16.0. The second-order valence-electron chi connectivity index (χ2n) is 5.77. The van der Waals surface area contributed by atoms with Crippen molar-refractivity contribution in [1.82, 2.24) is 15.3 Å². The molecule has 1 aliphatic carbocycles. The van der Waals surface area contributed by atoms with Crippen LogP contribution >= 0.6 is 0 Å². The van der Waals surface area contributed by atoms with Crippen LogP contribution in [0.3, 0.4) is 0 Å². The lowest BCUT2D eigenvalue weighted by atomic mass is 10.0. The van der Waals surface area contributed by atoms with Crippen molar-refractivity contribution in [3.05, 3.63) is 48.4 Å². The number of aliphatic hydroxyl groups is 1. The number of aromatic nitrogens is 2. The van der Waals surface area contributed by atoms with Crippen molar-refractivity contribution in [2.24, 2.45) is 0 Å². The summed E-state index contributed by atoms with van der Waals surface area (Å²) in [5.74, 6) is 0.633. The zero-order valence-corrected chi connectivity index (χ0v) is 12.7. The summed E-state index contributed by atoms with van der Waals surface area (Å²) in [4.78, 5) is 20.2. The molecule has 120 valence electrons. The first-order chi connectivity index (χ1) is 11.1. The van der Waals surface area contributed by atoms with Crippen LogP contribution in [0.5, 0.6) is 11.6 Å². The maximum absolute atomic E-state index is 12.0. The molecule has 0 spiro atoms. The van der Waals surface area contributed by atoms with Crippen LogP contribution in [0.2, 0.25) is 0 Å². The number of ether oxygens (including phenoxy) is 1. The molecule has 6 nitrogen and oxygen atoms in total. The van der Waals surface area contributed by atoms with Gasteiger partial charge in [0.25, 0.3) is 5.91 Å². The van der Waals surface area contributed by atoms with Gasteiger partial charge in [0.15, 0.2) is 0 Å². The molecule has 2 aromatic rings. The van der Waals surface area contributed by atoms with E-state index in [1.807, 2.05) is 30.3 Å². The zero-order chi connectivity index (χ0) is 16.1. The topological polar surface area (TPSA) is 84.3 Å². The Balaban J connectivity index is 1.57. The first kappa shape index (κ1) is 15.4. The quantitative estimate of drug-likeness (QED) is 0.885. The minimum Gasteiger partial charge on any atom is -0.438 e. The largest absolute Gasteiger partial charge is 0.438 e. The van der Waals surface area contributed by atoms with Crippen molar-refractivity contribution in [1.29, 1.82) is 0 Å². The lowest BCUT2D eigenvalue weighted by molar-refractivity contribution is 0.0448. The fourth-order valence-electron chi connectivity index (χ4n) is 2.64. The molecule has 1 fully saturated rings. The Morgan fingerprint density at radius 1 is 1.17 bits per heavy atom. The maximum atomic E-state index is 12.0. The van der Waals surface area contributed by atoms with Crippen molar-refractivity contribution in [3.63, 3.8) is 0 Å². The Morgan fingerprint density at radius 2 is 1.91 bits per heavy atom. The van der Waals surface area contributed by atoms with E-state index in [-0.39, 0.29) is 18.1 Å². The molecular formula is C17H19N3O3. The lowest BCUT2D eigenvalue weighted by Gasteiger charge is -2.22. The molecule has 0 aliphatic heterocycles. The van der Waals surface area contributed by atoms with Gasteiger partial charge in [-0.2, -0.15) is 0 Å². The first-order valence-electron chi connectivity index (χ1n) is 7.70. The van der Waals surface area contributed by atoms with Crippen molar-refractivity contribution >= 4 is 5.91 Å². The van der Waals surface area contributed by atoms with E-state index in [1.165, 1.54) is 12.4 Å². The van der Waals surface area contributed by atoms with E-state index in [0.717, 1.165) is 25.7 Å².